The van der Waals surface area contributed by atoms with Crippen LogP contribution in [-0.2, 0) is 4.74 Å². The largest absolute Gasteiger partial charge is 0.378 e. The van der Waals surface area contributed by atoms with Gasteiger partial charge in [0.05, 0.1) is 13.2 Å². The van der Waals surface area contributed by atoms with Crippen LogP contribution in [0.15, 0.2) is 30.3 Å². The maximum Gasteiger partial charge on any atom is 0.0622 e. The highest BCUT2D eigenvalue weighted by Crippen LogP contribution is 2.22. The van der Waals surface area contributed by atoms with Crippen LogP contribution < -0.4 is 0 Å². The predicted octanol–water partition coefficient (Wildman–Crippen LogP) is 3.28. The highest BCUT2D eigenvalue weighted by atomic mass is 79.9. The minimum absolute atomic E-state index is 0.568. The lowest BCUT2D eigenvalue weighted by molar-refractivity contribution is -0.0104. The molecular formula is C15H22BrNO. The summed E-state index contributed by atoms with van der Waals surface area (Å²) < 4.78 is 5.57. The number of hydrogen-bond donors (Lipinski definition) is 0. The Labute approximate surface area is 118 Å². The third-order valence-corrected chi connectivity index (χ3v) is 4.51. The summed E-state index contributed by atoms with van der Waals surface area (Å²) in [6, 6.07) is 11.4. The number of ether oxygens (including phenoxy) is 1. The average molecular weight is 312 g/mol. The summed E-state index contributed by atoms with van der Waals surface area (Å²) in [5.41, 5.74) is 1.43. The lowest BCUT2D eigenvalue weighted by Crippen LogP contribution is -2.46. The monoisotopic (exact) mass is 311 g/mol. The van der Waals surface area contributed by atoms with Gasteiger partial charge in [0.25, 0.3) is 0 Å². The molecule has 0 aliphatic carbocycles. The summed E-state index contributed by atoms with van der Waals surface area (Å²) in [6.45, 7) is 6.20. The Kier molecular flexibility index (Phi) is 5.67. The molecule has 0 N–H and O–H groups in total. The lowest BCUT2D eigenvalue weighted by atomic mass is 9.99. The van der Waals surface area contributed by atoms with E-state index in [9.17, 15) is 0 Å². The van der Waals surface area contributed by atoms with Crippen LogP contribution in [0.25, 0.3) is 0 Å². The van der Waals surface area contributed by atoms with E-state index in [0.29, 0.717) is 12.0 Å². The molecule has 2 atom stereocenters. The standard InChI is InChI=1S/C15H22BrNO/c1-2-15-12-18-9-8-17(15)11-14(10-16)13-6-4-3-5-7-13/h3-7,14-15H,2,8-12H2,1H3. The van der Waals surface area contributed by atoms with Gasteiger partial charge in [-0.25, -0.2) is 0 Å². The number of nitrogens with zero attached hydrogens (tertiary/aromatic N) is 1. The molecule has 1 fully saturated rings. The van der Waals surface area contributed by atoms with Gasteiger partial charge in [-0.05, 0) is 12.0 Å². The molecule has 1 aliphatic heterocycles. The van der Waals surface area contributed by atoms with E-state index in [1.54, 1.807) is 0 Å². The number of alkyl halides is 1. The minimum atomic E-state index is 0.568. The van der Waals surface area contributed by atoms with Crippen molar-refractivity contribution in [3.8, 4) is 0 Å². The molecule has 1 aromatic carbocycles. The first kappa shape index (κ1) is 14.0. The van der Waals surface area contributed by atoms with E-state index in [1.807, 2.05) is 0 Å². The zero-order valence-electron chi connectivity index (χ0n) is 11.0. The van der Waals surface area contributed by atoms with Crippen molar-refractivity contribution in [2.75, 3.05) is 31.6 Å². The van der Waals surface area contributed by atoms with Gasteiger partial charge in [-0.1, -0.05) is 53.2 Å². The first-order chi connectivity index (χ1) is 8.85. The molecule has 0 saturated carbocycles. The fourth-order valence-corrected chi connectivity index (χ4v) is 3.14. The first-order valence-corrected chi connectivity index (χ1v) is 7.90. The van der Waals surface area contributed by atoms with Crippen molar-refractivity contribution in [3.63, 3.8) is 0 Å². The molecule has 2 unspecified atom stereocenters. The quantitative estimate of drug-likeness (QED) is 0.774. The number of halogens is 1. The van der Waals surface area contributed by atoms with Gasteiger partial charge >= 0.3 is 0 Å². The molecule has 1 aliphatic rings. The van der Waals surface area contributed by atoms with Crippen LogP contribution in [-0.4, -0.2) is 42.6 Å². The Morgan fingerprint density at radius 1 is 1.39 bits per heavy atom. The number of benzene rings is 1. The fourth-order valence-electron chi connectivity index (χ4n) is 2.56. The van der Waals surface area contributed by atoms with Crippen LogP contribution in [0, 0.1) is 0 Å². The maximum atomic E-state index is 5.57. The molecular weight excluding hydrogens is 290 g/mol. The normalized spacial score (nSPS) is 22.9. The molecule has 18 heavy (non-hydrogen) atoms. The molecule has 0 radical (unpaired) electrons. The summed E-state index contributed by atoms with van der Waals surface area (Å²) in [5.74, 6) is 0.568. The van der Waals surface area contributed by atoms with Gasteiger partial charge in [0.15, 0.2) is 0 Å². The van der Waals surface area contributed by atoms with E-state index in [0.717, 1.165) is 31.6 Å². The molecule has 1 heterocycles. The summed E-state index contributed by atoms with van der Waals surface area (Å²) in [4.78, 5) is 2.59. The second kappa shape index (κ2) is 7.27. The Hall–Kier alpha value is -0.380. The van der Waals surface area contributed by atoms with E-state index in [2.05, 4.69) is 58.1 Å². The molecule has 2 rings (SSSR count). The van der Waals surface area contributed by atoms with Crippen molar-refractivity contribution in [1.82, 2.24) is 4.90 Å². The van der Waals surface area contributed by atoms with E-state index in [-0.39, 0.29) is 0 Å². The first-order valence-electron chi connectivity index (χ1n) is 6.77. The molecule has 2 nitrogen and oxygen atoms in total. The summed E-state index contributed by atoms with van der Waals surface area (Å²) in [5, 5.41) is 1.02. The third kappa shape index (κ3) is 3.56. The van der Waals surface area contributed by atoms with Gasteiger partial charge in [-0.3, -0.25) is 4.90 Å². The smallest absolute Gasteiger partial charge is 0.0622 e. The van der Waals surface area contributed by atoms with E-state index in [1.165, 1.54) is 12.0 Å². The van der Waals surface area contributed by atoms with E-state index < -0.39 is 0 Å². The van der Waals surface area contributed by atoms with Gasteiger partial charge in [0.1, 0.15) is 0 Å². The summed E-state index contributed by atoms with van der Waals surface area (Å²) >= 11 is 3.66. The Balaban J connectivity index is 2.01. The minimum Gasteiger partial charge on any atom is -0.378 e. The van der Waals surface area contributed by atoms with Crippen LogP contribution in [0.2, 0.25) is 0 Å². The van der Waals surface area contributed by atoms with Crippen molar-refractivity contribution in [2.24, 2.45) is 0 Å². The van der Waals surface area contributed by atoms with Crippen molar-refractivity contribution >= 4 is 15.9 Å². The molecule has 0 bridgehead atoms. The lowest BCUT2D eigenvalue weighted by Gasteiger charge is -2.37. The third-order valence-electron chi connectivity index (χ3n) is 3.73. The van der Waals surface area contributed by atoms with Crippen molar-refractivity contribution in [3.05, 3.63) is 35.9 Å². The van der Waals surface area contributed by atoms with Crippen LogP contribution in [0.3, 0.4) is 0 Å². The molecule has 0 spiro atoms. The van der Waals surface area contributed by atoms with E-state index >= 15 is 0 Å². The zero-order valence-corrected chi connectivity index (χ0v) is 12.6. The second-order valence-corrected chi connectivity index (χ2v) is 5.54. The number of hydrogen-bond acceptors (Lipinski definition) is 2. The van der Waals surface area contributed by atoms with Gasteiger partial charge in [-0.2, -0.15) is 0 Å². The van der Waals surface area contributed by atoms with Gasteiger partial charge < -0.3 is 4.74 Å². The van der Waals surface area contributed by atoms with Gasteiger partial charge in [0, 0.05) is 30.4 Å². The van der Waals surface area contributed by atoms with Crippen LogP contribution in [0.4, 0.5) is 0 Å². The SMILES string of the molecule is CCC1COCCN1CC(CBr)c1ccccc1. The maximum absolute atomic E-state index is 5.57. The number of rotatable bonds is 5. The predicted molar refractivity (Wildman–Crippen MR) is 79.4 cm³/mol. The molecule has 1 saturated heterocycles. The van der Waals surface area contributed by atoms with Crippen molar-refractivity contribution < 1.29 is 4.74 Å². The average Bonchev–Trinajstić information content (AvgIpc) is 2.46. The Bertz CT molecular complexity index is 344. The van der Waals surface area contributed by atoms with Gasteiger partial charge in [-0.15, -0.1) is 0 Å². The fraction of sp³-hybridized carbons (Fsp3) is 0.600. The van der Waals surface area contributed by atoms with Gasteiger partial charge in [0.2, 0.25) is 0 Å². The number of morpholine rings is 1. The van der Waals surface area contributed by atoms with Crippen molar-refractivity contribution in [1.29, 1.82) is 0 Å². The summed E-state index contributed by atoms with van der Waals surface area (Å²) in [7, 11) is 0. The highest BCUT2D eigenvalue weighted by molar-refractivity contribution is 9.09. The molecule has 3 heteroatoms. The zero-order chi connectivity index (χ0) is 12.8. The highest BCUT2D eigenvalue weighted by Gasteiger charge is 2.24. The van der Waals surface area contributed by atoms with Crippen LogP contribution in [0.5, 0.6) is 0 Å². The van der Waals surface area contributed by atoms with Crippen LogP contribution in [0.1, 0.15) is 24.8 Å². The van der Waals surface area contributed by atoms with E-state index in [4.69, 9.17) is 4.74 Å². The topological polar surface area (TPSA) is 12.5 Å². The molecule has 1 aromatic rings. The Morgan fingerprint density at radius 2 is 2.17 bits per heavy atom. The second-order valence-electron chi connectivity index (χ2n) is 4.89. The Morgan fingerprint density at radius 3 is 2.83 bits per heavy atom. The van der Waals surface area contributed by atoms with Crippen molar-refractivity contribution in [2.45, 2.75) is 25.3 Å². The van der Waals surface area contributed by atoms with Crippen LogP contribution >= 0.6 is 15.9 Å². The molecule has 0 aromatic heterocycles. The summed E-state index contributed by atoms with van der Waals surface area (Å²) in [6.07, 6.45) is 1.17. The molecule has 100 valence electrons. The molecule has 0 amide bonds.